The van der Waals surface area contributed by atoms with E-state index in [4.69, 9.17) is 5.11 Å². The van der Waals surface area contributed by atoms with Crippen molar-refractivity contribution >= 4 is 17.3 Å². The molecule has 0 aliphatic heterocycles. The molecule has 1 aromatic rings. The highest BCUT2D eigenvalue weighted by Crippen LogP contribution is 2.27. The van der Waals surface area contributed by atoms with Crippen LogP contribution in [0.4, 0.5) is 24.5 Å². The summed E-state index contributed by atoms with van der Waals surface area (Å²) in [6.07, 6.45) is -7.55. The molecule has 116 valence electrons. The lowest BCUT2D eigenvalue weighted by atomic mass is 10.1. The predicted octanol–water partition coefficient (Wildman–Crippen LogP) is 1.72. The van der Waals surface area contributed by atoms with Crippen LogP contribution in [0.25, 0.3) is 0 Å². The molecule has 0 aromatic heterocycles. The van der Waals surface area contributed by atoms with Crippen LogP contribution in [-0.2, 0) is 4.74 Å². The fraction of sp³-hybridized carbons (Fsp3) is 0.364. The van der Waals surface area contributed by atoms with Crippen LogP contribution in [0.15, 0.2) is 18.2 Å². The van der Waals surface area contributed by atoms with Gasteiger partial charge in [-0.1, -0.05) is 0 Å². The Kier molecular flexibility index (Phi) is 5.08. The second-order valence-electron chi connectivity index (χ2n) is 3.92. The van der Waals surface area contributed by atoms with Gasteiger partial charge in [0.25, 0.3) is 5.69 Å². The van der Waals surface area contributed by atoms with Crippen LogP contribution >= 0.6 is 0 Å². The van der Waals surface area contributed by atoms with Crippen molar-refractivity contribution in [3.8, 4) is 0 Å². The number of nitro benzene ring substituents is 1. The molecule has 0 saturated heterocycles. The Morgan fingerprint density at radius 1 is 1.52 bits per heavy atom. The Morgan fingerprint density at radius 2 is 2.14 bits per heavy atom. The zero-order valence-electron chi connectivity index (χ0n) is 10.7. The number of anilines is 1. The van der Waals surface area contributed by atoms with E-state index in [1.165, 1.54) is 0 Å². The second-order valence-corrected chi connectivity index (χ2v) is 3.92. The smallest absolute Gasteiger partial charge is 0.416 e. The molecule has 0 fully saturated rings. The number of esters is 1. The fourth-order valence-electron chi connectivity index (χ4n) is 1.40. The average molecular weight is 308 g/mol. The maximum atomic E-state index is 12.2. The summed E-state index contributed by atoms with van der Waals surface area (Å²) in [5.74, 6) is -0.802. The van der Waals surface area contributed by atoms with E-state index >= 15 is 0 Å². The summed E-state index contributed by atoms with van der Waals surface area (Å²) in [5, 5.41) is 21.7. The molecule has 0 aliphatic rings. The van der Waals surface area contributed by atoms with Gasteiger partial charge in [-0.15, -0.1) is 0 Å². The molecule has 2 N–H and O–H groups in total. The summed E-state index contributed by atoms with van der Waals surface area (Å²) >= 11 is 0. The Hall–Kier alpha value is -2.36. The predicted molar refractivity (Wildman–Crippen MR) is 65.0 cm³/mol. The number of carbonyl (C=O) groups is 1. The first-order chi connectivity index (χ1) is 9.66. The number of methoxy groups -OCH3 is 1. The first-order valence-corrected chi connectivity index (χ1v) is 5.52. The van der Waals surface area contributed by atoms with Crippen molar-refractivity contribution in [2.45, 2.75) is 12.3 Å². The topological polar surface area (TPSA) is 102 Å². The maximum Gasteiger partial charge on any atom is 0.416 e. The number of hydrogen-bond acceptors (Lipinski definition) is 6. The quantitative estimate of drug-likeness (QED) is 0.488. The van der Waals surface area contributed by atoms with Gasteiger partial charge in [0.1, 0.15) is 5.69 Å². The first-order valence-electron chi connectivity index (χ1n) is 5.52. The lowest BCUT2D eigenvalue weighted by molar-refractivity contribution is -0.384. The van der Waals surface area contributed by atoms with Gasteiger partial charge in [0.05, 0.1) is 17.6 Å². The number of rotatable bonds is 5. The van der Waals surface area contributed by atoms with Crippen LogP contribution in [0, 0.1) is 10.1 Å². The number of nitro groups is 1. The minimum Gasteiger partial charge on any atom is -0.465 e. The van der Waals surface area contributed by atoms with Crippen LogP contribution in [0.2, 0.25) is 0 Å². The number of alkyl halides is 3. The Balaban J connectivity index is 3.02. The summed E-state index contributed by atoms with van der Waals surface area (Å²) in [7, 11) is 1.09. The SMILES string of the molecule is COC(=O)c1ccc([N+](=O)[O-])c(NCC(O)C(F)(F)F)c1. The monoisotopic (exact) mass is 308 g/mol. The van der Waals surface area contributed by atoms with Gasteiger partial charge in [0, 0.05) is 12.6 Å². The Morgan fingerprint density at radius 3 is 2.62 bits per heavy atom. The molecule has 1 rings (SSSR count). The molecule has 0 amide bonds. The highest BCUT2D eigenvalue weighted by atomic mass is 19.4. The van der Waals surface area contributed by atoms with Gasteiger partial charge in [0.15, 0.2) is 6.10 Å². The van der Waals surface area contributed by atoms with Crippen LogP contribution in [0.3, 0.4) is 0 Å². The lowest BCUT2D eigenvalue weighted by Crippen LogP contribution is -2.35. The van der Waals surface area contributed by atoms with E-state index < -0.39 is 35.4 Å². The minimum atomic E-state index is -4.86. The van der Waals surface area contributed by atoms with Gasteiger partial charge in [-0.25, -0.2) is 4.79 Å². The largest absolute Gasteiger partial charge is 0.465 e. The standard InChI is InChI=1S/C11H11F3N2O5/c1-21-10(18)6-2-3-8(16(19)20)7(4-6)15-5-9(17)11(12,13)14/h2-4,9,15,17H,5H2,1H3. The molecule has 0 heterocycles. The third-order valence-corrected chi connectivity index (χ3v) is 2.48. The van der Waals surface area contributed by atoms with E-state index in [9.17, 15) is 28.1 Å². The molecule has 0 bridgehead atoms. The van der Waals surface area contributed by atoms with Crippen molar-refractivity contribution < 1.29 is 32.7 Å². The van der Waals surface area contributed by atoms with Gasteiger partial charge < -0.3 is 15.2 Å². The number of benzene rings is 1. The van der Waals surface area contributed by atoms with E-state index in [0.29, 0.717) is 0 Å². The average Bonchev–Trinajstić information content (AvgIpc) is 2.42. The number of aliphatic hydroxyl groups excluding tert-OH is 1. The lowest BCUT2D eigenvalue weighted by Gasteiger charge is -2.16. The summed E-state index contributed by atoms with van der Waals surface area (Å²) in [6.45, 7) is -0.991. The Bertz CT molecular complexity index is 547. The number of halogens is 3. The van der Waals surface area contributed by atoms with Crippen molar-refractivity contribution in [1.29, 1.82) is 0 Å². The molecule has 0 aliphatic carbocycles. The first kappa shape index (κ1) is 16.7. The van der Waals surface area contributed by atoms with Gasteiger partial charge >= 0.3 is 12.1 Å². The summed E-state index contributed by atoms with van der Waals surface area (Å²) < 4.78 is 40.9. The van der Waals surface area contributed by atoms with E-state index in [0.717, 1.165) is 25.3 Å². The summed E-state index contributed by atoms with van der Waals surface area (Å²) in [6, 6.07) is 3.04. The van der Waals surface area contributed by atoms with E-state index in [1.54, 1.807) is 0 Å². The molecule has 1 atom stereocenters. The molecular weight excluding hydrogens is 297 g/mol. The van der Waals surface area contributed by atoms with Crippen molar-refractivity contribution in [2.24, 2.45) is 0 Å². The summed E-state index contributed by atoms with van der Waals surface area (Å²) in [4.78, 5) is 21.2. The van der Waals surface area contributed by atoms with Crippen molar-refractivity contribution in [1.82, 2.24) is 0 Å². The third kappa shape index (κ3) is 4.31. The fourth-order valence-corrected chi connectivity index (χ4v) is 1.40. The van der Waals surface area contributed by atoms with Crippen LogP contribution in [0.5, 0.6) is 0 Å². The number of aliphatic hydroxyl groups is 1. The number of carbonyl (C=O) groups excluding carboxylic acids is 1. The van der Waals surface area contributed by atoms with E-state index in [2.05, 4.69) is 10.1 Å². The van der Waals surface area contributed by atoms with E-state index in [-0.39, 0.29) is 11.3 Å². The zero-order chi connectivity index (χ0) is 16.2. The highest BCUT2D eigenvalue weighted by Gasteiger charge is 2.38. The van der Waals surface area contributed by atoms with Gasteiger partial charge in [-0.2, -0.15) is 13.2 Å². The van der Waals surface area contributed by atoms with Gasteiger partial charge in [0.2, 0.25) is 0 Å². The second kappa shape index (κ2) is 6.39. The van der Waals surface area contributed by atoms with Crippen LogP contribution < -0.4 is 5.32 Å². The normalized spacial score (nSPS) is 12.6. The Labute approximate surface area is 116 Å². The van der Waals surface area contributed by atoms with Crippen molar-refractivity contribution in [3.63, 3.8) is 0 Å². The van der Waals surface area contributed by atoms with Crippen molar-refractivity contribution in [2.75, 3.05) is 19.0 Å². The molecule has 21 heavy (non-hydrogen) atoms. The molecule has 1 aromatic carbocycles. The molecule has 10 heteroatoms. The molecule has 7 nitrogen and oxygen atoms in total. The van der Waals surface area contributed by atoms with E-state index in [1.807, 2.05) is 0 Å². The number of hydrogen-bond donors (Lipinski definition) is 2. The van der Waals surface area contributed by atoms with Crippen LogP contribution in [0.1, 0.15) is 10.4 Å². The number of nitrogens with zero attached hydrogens (tertiary/aromatic N) is 1. The molecular formula is C11H11F3N2O5. The highest BCUT2D eigenvalue weighted by molar-refractivity contribution is 5.91. The zero-order valence-corrected chi connectivity index (χ0v) is 10.7. The maximum absolute atomic E-state index is 12.2. The third-order valence-electron chi connectivity index (χ3n) is 2.48. The summed E-state index contributed by atoms with van der Waals surface area (Å²) in [5.41, 5.74) is -0.935. The number of ether oxygens (including phenoxy) is 1. The van der Waals surface area contributed by atoms with Crippen molar-refractivity contribution in [3.05, 3.63) is 33.9 Å². The number of nitrogens with one attached hydrogen (secondary N) is 1. The molecule has 0 saturated carbocycles. The van der Waals surface area contributed by atoms with Crippen LogP contribution in [-0.4, -0.2) is 41.9 Å². The molecule has 1 unspecified atom stereocenters. The minimum absolute atomic E-state index is 0.0768. The molecule has 0 spiro atoms. The molecule has 0 radical (unpaired) electrons. The van der Waals surface area contributed by atoms with Gasteiger partial charge in [-0.3, -0.25) is 10.1 Å². The van der Waals surface area contributed by atoms with Gasteiger partial charge in [-0.05, 0) is 12.1 Å².